The number of benzene rings is 1. The van der Waals surface area contributed by atoms with Crippen molar-refractivity contribution in [2.45, 2.75) is 45.4 Å². The van der Waals surface area contributed by atoms with Gasteiger partial charge in [0.05, 0.1) is 24.4 Å². The molecule has 1 aliphatic rings. The smallest absolute Gasteiger partial charge is 0.395 e. The number of nitrogens with zero attached hydrogens (tertiary/aromatic N) is 1. The van der Waals surface area contributed by atoms with Crippen molar-refractivity contribution in [2.75, 3.05) is 0 Å². The van der Waals surface area contributed by atoms with Gasteiger partial charge in [-0.2, -0.15) is 0 Å². The number of hydrogen-bond donors (Lipinski definition) is 1. The summed E-state index contributed by atoms with van der Waals surface area (Å²) in [5, 5.41) is 2.81. The first-order valence-electron chi connectivity index (χ1n) is 8.37. The third kappa shape index (κ3) is 4.09. The van der Waals surface area contributed by atoms with E-state index in [0.29, 0.717) is 11.6 Å². The number of nitrogens with one attached hydrogen (secondary N) is 1. The Kier molecular flexibility index (Phi) is 4.80. The molecule has 5 nitrogen and oxygen atoms in total. The standard InChI is InChI=1S/C19H20F2N2O3/c1-11(2)14-6-4-13(5-7-14)8-18(24)23-12(3)15-9-16-17(10-22-15)26-19(20,21)25-16/h4-7,9-12H,8H2,1-3H3,(H,23,24)/t12-/m1/s1. The normalized spacial score (nSPS) is 15.8. The van der Waals surface area contributed by atoms with Crippen LogP contribution in [0.1, 0.15) is 49.6 Å². The van der Waals surface area contributed by atoms with E-state index in [4.69, 9.17) is 0 Å². The molecule has 0 unspecified atom stereocenters. The third-order valence-electron chi connectivity index (χ3n) is 4.14. The minimum atomic E-state index is -3.68. The van der Waals surface area contributed by atoms with Crippen LogP contribution in [0.25, 0.3) is 0 Å². The zero-order chi connectivity index (χ0) is 18.9. The fourth-order valence-electron chi connectivity index (χ4n) is 2.68. The first-order chi connectivity index (χ1) is 12.2. The highest BCUT2D eigenvalue weighted by atomic mass is 19.3. The third-order valence-corrected chi connectivity index (χ3v) is 4.14. The highest BCUT2D eigenvalue weighted by Gasteiger charge is 2.43. The molecule has 1 N–H and O–H groups in total. The molecule has 0 bridgehead atoms. The molecule has 138 valence electrons. The van der Waals surface area contributed by atoms with Crippen LogP contribution in [-0.4, -0.2) is 17.2 Å². The zero-order valence-electron chi connectivity index (χ0n) is 14.8. The molecule has 0 saturated carbocycles. The van der Waals surface area contributed by atoms with E-state index in [1.54, 1.807) is 6.92 Å². The predicted octanol–water partition coefficient (Wildman–Crippen LogP) is 3.95. The second-order valence-corrected chi connectivity index (χ2v) is 6.59. The summed E-state index contributed by atoms with van der Waals surface area (Å²) in [6, 6.07) is 8.77. The van der Waals surface area contributed by atoms with E-state index in [9.17, 15) is 13.6 Å². The summed E-state index contributed by atoms with van der Waals surface area (Å²) < 4.78 is 34.8. The SMILES string of the molecule is CC(C)c1ccc(CC(=O)N[C@H](C)c2cc3c(cn2)OC(F)(F)O3)cc1. The van der Waals surface area contributed by atoms with Crippen LogP contribution in [-0.2, 0) is 11.2 Å². The summed E-state index contributed by atoms with van der Waals surface area (Å²) in [7, 11) is 0. The average Bonchev–Trinajstić information content (AvgIpc) is 2.87. The number of pyridine rings is 1. The number of rotatable bonds is 5. The predicted molar refractivity (Wildman–Crippen MR) is 91.2 cm³/mol. The number of carbonyl (C=O) groups excluding carboxylic acids is 1. The number of hydrogen-bond acceptors (Lipinski definition) is 4. The largest absolute Gasteiger partial charge is 0.586 e. The molecule has 2 aromatic rings. The Bertz CT molecular complexity index is 807. The van der Waals surface area contributed by atoms with E-state index >= 15 is 0 Å². The molecule has 3 rings (SSSR count). The van der Waals surface area contributed by atoms with Crippen molar-refractivity contribution in [1.29, 1.82) is 0 Å². The molecule has 0 saturated heterocycles. The molecule has 26 heavy (non-hydrogen) atoms. The lowest BCUT2D eigenvalue weighted by Crippen LogP contribution is -2.28. The van der Waals surface area contributed by atoms with Crippen LogP contribution >= 0.6 is 0 Å². The minimum absolute atomic E-state index is 0.0922. The maximum atomic E-state index is 13.1. The van der Waals surface area contributed by atoms with E-state index in [1.165, 1.54) is 17.8 Å². The lowest BCUT2D eigenvalue weighted by Gasteiger charge is -2.14. The van der Waals surface area contributed by atoms with Crippen LogP contribution in [0, 0.1) is 0 Å². The summed E-state index contributed by atoms with van der Waals surface area (Å²) in [5.41, 5.74) is 2.52. The van der Waals surface area contributed by atoms with Crippen molar-refractivity contribution in [3.63, 3.8) is 0 Å². The summed E-state index contributed by atoms with van der Waals surface area (Å²) in [6.07, 6.45) is -2.29. The Balaban J connectivity index is 1.61. The van der Waals surface area contributed by atoms with Gasteiger partial charge in [0, 0.05) is 6.07 Å². The van der Waals surface area contributed by atoms with E-state index in [-0.39, 0.29) is 23.8 Å². The molecule has 0 fully saturated rings. The quantitative estimate of drug-likeness (QED) is 0.875. The Hall–Kier alpha value is -2.70. The number of fused-ring (bicyclic) bond motifs is 1. The van der Waals surface area contributed by atoms with Crippen LogP contribution in [0.3, 0.4) is 0 Å². The van der Waals surface area contributed by atoms with Crippen molar-refractivity contribution < 1.29 is 23.0 Å². The molecule has 0 aliphatic carbocycles. The molecular formula is C19H20F2N2O3. The minimum Gasteiger partial charge on any atom is -0.395 e. The Labute approximate surface area is 150 Å². The van der Waals surface area contributed by atoms with E-state index < -0.39 is 12.3 Å². The van der Waals surface area contributed by atoms with Gasteiger partial charge >= 0.3 is 6.29 Å². The van der Waals surface area contributed by atoms with Gasteiger partial charge in [0.2, 0.25) is 5.91 Å². The number of amides is 1. The van der Waals surface area contributed by atoms with Gasteiger partial charge in [-0.25, -0.2) is 0 Å². The van der Waals surface area contributed by atoms with Crippen molar-refractivity contribution in [3.05, 3.63) is 53.3 Å². The maximum Gasteiger partial charge on any atom is 0.586 e. The molecule has 1 aliphatic heterocycles. The van der Waals surface area contributed by atoms with Crippen molar-refractivity contribution in [1.82, 2.24) is 10.3 Å². The Morgan fingerprint density at radius 3 is 2.46 bits per heavy atom. The van der Waals surface area contributed by atoms with Gasteiger partial charge < -0.3 is 14.8 Å². The molecule has 1 atom stereocenters. The van der Waals surface area contributed by atoms with Crippen LogP contribution in [0.5, 0.6) is 11.5 Å². The van der Waals surface area contributed by atoms with Crippen LogP contribution in [0.2, 0.25) is 0 Å². The molecule has 0 radical (unpaired) electrons. The fourth-order valence-corrected chi connectivity index (χ4v) is 2.68. The highest BCUT2D eigenvalue weighted by Crippen LogP contribution is 2.41. The monoisotopic (exact) mass is 362 g/mol. The summed E-state index contributed by atoms with van der Waals surface area (Å²) >= 11 is 0. The maximum absolute atomic E-state index is 13.1. The number of carbonyl (C=O) groups is 1. The van der Waals surface area contributed by atoms with Crippen molar-refractivity contribution in [3.8, 4) is 11.5 Å². The molecule has 7 heteroatoms. The van der Waals surface area contributed by atoms with Gasteiger partial charge in [0.1, 0.15) is 0 Å². The summed E-state index contributed by atoms with van der Waals surface area (Å²) in [6.45, 7) is 5.94. The van der Waals surface area contributed by atoms with Crippen LogP contribution in [0.15, 0.2) is 36.5 Å². The Morgan fingerprint density at radius 2 is 1.81 bits per heavy atom. The lowest BCUT2D eigenvalue weighted by molar-refractivity contribution is -0.286. The highest BCUT2D eigenvalue weighted by molar-refractivity contribution is 5.79. The molecular weight excluding hydrogens is 342 g/mol. The van der Waals surface area contributed by atoms with Crippen LogP contribution < -0.4 is 14.8 Å². The Morgan fingerprint density at radius 1 is 1.15 bits per heavy atom. The first-order valence-corrected chi connectivity index (χ1v) is 8.37. The topological polar surface area (TPSA) is 60.5 Å². The second-order valence-electron chi connectivity index (χ2n) is 6.59. The average molecular weight is 362 g/mol. The number of aromatic nitrogens is 1. The van der Waals surface area contributed by atoms with Crippen molar-refractivity contribution >= 4 is 5.91 Å². The van der Waals surface area contributed by atoms with E-state index in [1.807, 2.05) is 24.3 Å². The van der Waals surface area contributed by atoms with Crippen molar-refractivity contribution in [2.24, 2.45) is 0 Å². The van der Waals surface area contributed by atoms with Gasteiger partial charge in [-0.1, -0.05) is 38.1 Å². The molecule has 0 spiro atoms. The lowest BCUT2D eigenvalue weighted by atomic mass is 10.0. The van der Waals surface area contributed by atoms with Gasteiger partial charge in [-0.05, 0) is 24.0 Å². The molecule has 1 aromatic carbocycles. The number of ether oxygens (including phenoxy) is 2. The van der Waals surface area contributed by atoms with Crippen LogP contribution in [0.4, 0.5) is 8.78 Å². The van der Waals surface area contributed by atoms with Gasteiger partial charge in [0.25, 0.3) is 0 Å². The van der Waals surface area contributed by atoms with Gasteiger partial charge in [-0.3, -0.25) is 9.78 Å². The van der Waals surface area contributed by atoms with Gasteiger partial charge in [0.15, 0.2) is 11.5 Å². The second kappa shape index (κ2) is 6.90. The molecule has 2 heterocycles. The number of alkyl halides is 2. The summed E-state index contributed by atoms with van der Waals surface area (Å²) in [5.74, 6) is 0.0369. The fraction of sp³-hybridized carbons (Fsp3) is 0.368. The van der Waals surface area contributed by atoms with E-state index in [0.717, 1.165) is 5.56 Å². The molecule has 1 aromatic heterocycles. The first kappa shape index (κ1) is 18.1. The zero-order valence-corrected chi connectivity index (χ0v) is 14.8. The number of halogens is 2. The van der Waals surface area contributed by atoms with Gasteiger partial charge in [-0.15, -0.1) is 8.78 Å². The van der Waals surface area contributed by atoms with E-state index in [2.05, 4.69) is 33.6 Å². The summed E-state index contributed by atoms with van der Waals surface area (Å²) in [4.78, 5) is 16.3. The molecule has 1 amide bonds.